The number of aryl methyl sites for hydroxylation is 1. The number of benzene rings is 1. The highest BCUT2D eigenvalue weighted by Crippen LogP contribution is 2.28. The van der Waals surface area contributed by atoms with E-state index in [2.05, 4.69) is 21.1 Å². The summed E-state index contributed by atoms with van der Waals surface area (Å²) in [4.78, 5) is 12.2. The SMILES string of the molecule is CC1=C(Br)C(=O)C(C(C)C)=C/C1=N/OS(=O)(=O)c1ccc(C)cc1. The molecule has 1 aliphatic rings. The quantitative estimate of drug-likeness (QED) is 0.556. The lowest BCUT2D eigenvalue weighted by atomic mass is 9.90. The van der Waals surface area contributed by atoms with Crippen molar-refractivity contribution in [2.45, 2.75) is 32.6 Å². The number of carbonyl (C=O) groups is 1. The summed E-state index contributed by atoms with van der Waals surface area (Å²) in [6.45, 7) is 7.30. The van der Waals surface area contributed by atoms with Crippen molar-refractivity contribution in [2.75, 3.05) is 0 Å². The van der Waals surface area contributed by atoms with E-state index in [-0.39, 0.29) is 16.6 Å². The Morgan fingerprint density at radius 2 is 1.71 bits per heavy atom. The topological polar surface area (TPSA) is 72.8 Å². The Kier molecular flexibility index (Phi) is 5.45. The third-order valence-electron chi connectivity index (χ3n) is 3.63. The molecule has 128 valence electrons. The maximum atomic E-state index is 12.2. The van der Waals surface area contributed by atoms with Crippen LogP contribution in [-0.4, -0.2) is 19.9 Å². The summed E-state index contributed by atoms with van der Waals surface area (Å²) in [6.07, 6.45) is 1.57. The van der Waals surface area contributed by atoms with Gasteiger partial charge in [-0.2, -0.15) is 8.42 Å². The Labute approximate surface area is 150 Å². The summed E-state index contributed by atoms with van der Waals surface area (Å²) in [5, 5.41) is 3.76. The molecule has 1 aromatic carbocycles. The molecule has 0 bridgehead atoms. The molecular formula is C17H18BrNO4S. The first-order chi connectivity index (χ1) is 11.1. The number of allylic oxidation sites excluding steroid dienone is 4. The van der Waals surface area contributed by atoms with E-state index in [1.54, 1.807) is 25.1 Å². The number of hydrogen-bond donors (Lipinski definition) is 0. The highest BCUT2D eigenvalue weighted by molar-refractivity contribution is 9.12. The van der Waals surface area contributed by atoms with Crippen LogP contribution >= 0.6 is 15.9 Å². The zero-order chi connectivity index (χ0) is 18.1. The molecule has 0 saturated carbocycles. The second-order valence-electron chi connectivity index (χ2n) is 5.84. The second kappa shape index (κ2) is 7.03. The zero-order valence-electron chi connectivity index (χ0n) is 13.8. The highest BCUT2D eigenvalue weighted by Gasteiger charge is 2.26. The molecule has 0 radical (unpaired) electrons. The van der Waals surface area contributed by atoms with Gasteiger partial charge >= 0.3 is 10.1 Å². The zero-order valence-corrected chi connectivity index (χ0v) is 16.2. The number of halogens is 1. The summed E-state index contributed by atoms with van der Waals surface area (Å²) in [6, 6.07) is 6.29. The first-order valence-corrected chi connectivity index (χ1v) is 9.55. The lowest BCUT2D eigenvalue weighted by molar-refractivity contribution is -0.112. The van der Waals surface area contributed by atoms with Crippen LogP contribution in [-0.2, 0) is 19.2 Å². The van der Waals surface area contributed by atoms with E-state index in [1.807, 2.05) is 20.8 Å². The van der Waals surface area contributed by atoms with Crippen molar-refractivity contribution in [1.29, 1.82) is 0 Å². The number of hydrogen-bond acceptors (Lipinski definition) is 5. The molecule has 5 nitrogen and oxygen atoms in total. The molecule has 1 aromatic rings. The monoisotopic (exact) mass is 411 g/mol. The molecule has 0 aliphatic heterocycles. The van der Waals surface area contributed by atoms with Gasteiger partial charge in [0.2, 0.25) is 0 Å². The molecular weight excluding hydrogens is 394 g/mol. The van der Waals surface area contributed by atoms with E-state index in [4.69, 9.17) is 4.28 Å². The minimum atomic E-state index is -4.01. The first kappa shape index (κ1) is 18.6. The van der Waals surface area contributed by atoms with Crippen LogP contribution in [0.3, 0.4) is 0 Å². The normalized spacial score (nSPS) is 17.5. The first-order valence-electron chi connectivity index (χ1n) is 7.35. The number of nitrogens with zero attached hydrogens (tertiary/aromatic N) is 1. The van der Waals surface area contributed by atoms with Crippen molar-refractivity contribution < 1.29 is 17.5 Å². The van der Waals surface area contributed by atoms with Gasteiger partial charge in [-0.3, -0.25) is 9.08 Å². The molecule has 0 fully saturated rings. The fourth-order valence-corrected chi connectivity index (χ4v) is 3.26. The van der Waals surface area contributed by atoms with Gasteiger partial charge in [0, 0.05) is 5.57 Å². The molecule has 0 unspecified atom stereocenters. The molecule has 7 heteroatoms. The van der Waals surface area contributed by atoms with Gasteiger partial charge in [0.1, 0.15) is 10.6 Å². The van der Waals surface area contributed by atoms with E-state index in [0.717, 1.165) is 5.56 Å². The van der Waals surface area contributed by atoms with Crippen molar-refractivity contribution in [3.05, 3.63) is 51.5 Å². The van der Waals surface area contributed by atoms with Crippen molar-refractivity contribution >= 4 is 37.5 Å². The predicted octanol–water partition coefficient (Wildman–Crippen LogP) is 3.89. The van der Waals surface area contributed by atoms with Crippen LogP contribution in [0, 0.1) is 12.8 Å². The van der Waals surface area contributed by atoms with Gasteiger partial charge in [0.25, 0.3) is 0 Å². The lowest BCUT2D eigenvalue weighted by Crippen LogP contribution is -2.19. The van der Waals surface area contributed by atoms with E-state index in [9.17, 15) is 13.2 Å². The Balaban J connectivity index is 2.36. The Morgan fingerprint density at radius 3 is 2.25 bits per heavy atom. The molecule has 1 aliphatic carbocycles. The van der Waals surface area contributed by atoms with Crippen molar-refractivity contribution in [1.82, 2.24) is 0 Å². The van der Waals surface area contributed by atoms with Crippen molar-refractivity contribution in [2.24, 2.45) is 11.1 Å². The fraction of sp³-hybridized carbons (Fsp3) is 0.294. The lowest BCUT2D eigenvalue weighted by Gasteiger charge is -2.17. The van der Waals surface area contributed by atoms with E-state index in [0.29, 0.717) is 21.3 Å². The summed E-state index contributed by atoms with van der Waals surface area (Å²) in [5.41, 5.74) is 2.32. The highest BCUT2D eigenvalue weighted by atomic mass is 79.9. The third-order valence-corrected chi connectivity index (χ3v) is 5.71. The largest absolute Gasteiger partial charge is 0.358 e. The minimum absolute atomic E-state index is 0.0166. The van der Waals surface area contributed by atoms with Gasteiger partial charge in [0.05, 0.1) is 4.48 Å². The maximum absolute atomic E-state index is 12.2. The van der Waals surface area contributed by atoms with E-state index >= 15 is 0 Å². The minimum Gasteiger partial charge on any atom is -0.288 e. The molecule has 0 aromatic heterocycles. The molecule has 2 rings (SSSR count). The Bertz CT molecular complexity index is 862. The predicted molar refractivity (Wildman–Crippen MR) is 96.4 cm³/mol. The molecule has 0 N–H and O–H groups in total. The maximum Gasteiger partial charge on any atom is 0.358 e. The standard InChI is InChI=1S/C17H18BrNO4S/c1-10(2)14-9-15(12(4)16(18)17(14)20)19-23-24(21,22)13-7-5-11(3)6-8-13/h5-10H,1-4H3/b19-15-. The molecule has 0 atom stereocenters. The number of carbonyl (C=O) groups excluding carboxylic acids is 1. The average molecular weight is 412 g/mol. The number of Topliss-reactive ketones (excluding diaryl/α,β-unsaturated/α-hetero) is 1. The van der Waals surface area contributed by atoms with Crippen molar-refractivity contribution in [3.8, 4) is 0 Å². The fourth-order valence-electron chi connectivity index (χ4n) is 2.09. The molecule has 0 spiro atoms. The van der Waals surface area contributed by atoms with Gasteiger partial charge < -0.3 is 0 Å². The van der Waals surface area contributed by atoms with Crippen molar-refractivity contribution in [3.63, 3.8) is 0 Å². The number of ketones is 1. The summed E-state index contributed by atoms with van der Waals surface area (Å²) in [5.74, 6) is -0.139. The number of rotatable bonds is 4. The smallest absolute Gasteiger partial charge is 0.288 e. The second-order valence-corrected chi connectivity index (χ2v) is 8.16. The number of oxime groups is 1. The van der Waals surface area contributed by atoms with Gasteiger partial charge in [-0.25, -0.2) is 0 Å². The van der Waals surface area contributed by atoms with Crippen LogP contribution in [0.5, 0.6) is 0 Å². The molecule has 24 heavy (non-hydrogen) atoms. The van der Waals surface area contributed by atoms with Crippen LogP contribution in [0.1, 0.15) is 26.3 Å². The van der Waals surface area contributed by atoms with E-state index < -0.39 is 10.1 Å². The summed E-state index contributed by atoms with van der Waals surface area (Å²) < 4.78 is 29.6. The van der Waals surface area contributed by atoms with Gasteiger partial charge in [-0.05, 0) is 59.5 Å². The molecule has 0 heterocycles. The van der Waals surface area contributed by atoms with Crippen LogP contribution < -0.4 is 0 Å². The Morgan fingerprint density at radius 1 is 1.12 bits per heavy atom. The van der Waals surface area contributed by atoms with E-state index in [1.165, 1.54) is 12.1 Å². The Hall–Kier alpha value is -1.73. The van der Waals surface area contributed by atoms with Gasteiger partial charge in [-0.15, -0.1) is 0 Å². The van der Waals surface area contributed by atoms with Crippen LogP contribution in [0.4, 0.5) is 0 Å². The van der Waals surface area contributed by atoms with Gasteiger partial charge in [-0.1, -0.05) is 36.7 Å². The van der Waals surface area contributed by atoms with Crippen LogP contribution in [0.25, 0.3) is 0 Å². The van der Waals surface area contributed by atoms with Crippen LogP contribution in [0.2, 0.25) is 0 Å². The van der Waals surface area contributed by atoms with Crippen LogP contribution in [0.15, 0.2) is 56.0 Å². The summed E-state index contributed by atoms with van der Waals surface area (Å²) >= 11 is 3.24. The molecule has 0 amide bonds. The summed E-state index contributed by atoms with van der Waals surface area (Å²) in [7, 11) is -4.01. The molecule has 0 saturated heterocycles. The average Bonchev–Trinajstić information content (AvgIpc) is 2.52. The van der Waals surface area contributed by atoms with Gasteiger partial charge in [0.15, 0.2) is 5.78 Å². The third kappa shape index (κ3) is 3.84.